The van der Waals surface area contributed by atoms with Crippen molar-refractivity contribution < 1.29 is 13.2 Å². The van der Waals surface area contributed by atoms with Crippen LogP contribution >= 0.6 is 15.9 Å². The molecule has 1 aliphatic rings. The summed E-state index contributed by atoms with van der Waals surface area (Å²) in [6.07, 6.45) is -0.200. The van der Waals surface area contributed by atoms with Crippen molar-refractivity contribution in [3.8, 4) is 0 Å². The Kier molecular flexibility index (Phi) is 3.54. The SMILES string of the molecule is Fc1ccc(Br)c(F)c1C(F)C1CCCN1. The zero-order valence-corrected chi connectivity index (χ0v) is 10.0. The summed E-state index contributed by atoms with van der Waals surface area (Å²) in [5.41, 5.74) is -0.478. The Morgan fingerprint density at radius 3 is 2.75 bits per heavy atom. The molecule has 0 radical (unpaired) electrons. The predicted octanol–water partition coefficient (Wildman–Crippen LogP) is 3.49. The molecule has 1 fully saturated rings. The summed E-state index contributed by atoms with van der Waals surface area (Å²) in [5.74, 6) is -1.68. The van der Waals surface area contributed by atoms with Gasteiger partial charge in [-0.05, 0) is 47.4 Å². The van der Waals surface area contributed by atoms with Crippen LogP contribution in [-0.2, 0) is 0 Å². The van der Waals surface area contributed by atoms with Gasteiger partial charge in [-0.25, -0.2) is 13.2 Å². The number of rotatable bonds is 2. The second-order valence-electron chi connectivity index (χ2n) is 3.86. The average Bonchev–Trinajstić information content (AvgIpc) is 2.77. The van der Waals surface area contributed by atoms with E-state index in [0.29, 0.717) is 13.0 Å². The maximum Gasteiger partial charge on any atom is 0.146 e. The molecule has 0 aromatic heterocycles. The largest absolute Gasteiger partial charge is 0.311 e. The fraction of sp³-hybridized carbons (Fsp3) is 0.455. The van der Waals surface area contributed by atoms with Gasteiger partial charge in [0.15, 0.2) is 0 Å². The molecule has 16 heavy (non-hydrogen) atoms. The monoisotopic (exact) mass is 293 g/mol. The number of hydrogen-bond acceptors (Lipinski definition) is 1. The maximum atomic E-state index is 14.0. The normalized spacial score (nSPS) is 22.4. The van der Waals surface area contributed by atoms with E-state index in [1.165, 1.54) is 6.07 Å². The summed E-state index contributed by atoms with van der Waals surface area (Å²) in [6.45, 7) is 0.697. The van der Waals surface area contributed by atoms with E-state index in [4.69, 9.17) is 0 Å². The first kappa shape index (κ1) is 11.9. The number of benzene rings is 1. The van der Waals surface area contributed by atoms with Gasteiger partial charge in [-0.15, -0.1) is 0 Å². The van der Waals surface area contributed by atoms with Crippen molar-refractivity contribution >= 4 is 15.9 Å². The molecule has 1 aromatic rings. The second-order valence-corrected chi connectivity index (χ2v) is 4.72. The minimum absolute atomic E-state index is 0.0875. The van der Waals surface area contributed by atoms with Crippen LogP contribution in [0.5, 0.6) is 0 Å². The Morgan fingerprint density at radius 2 is 2.12 bits per heavy atom. The van der Waals surface area contributed by atoms with E-state index in [1.54, 1.807) is 0 Å². The lowest BCUT2D eigenvalue weighted by atomic mass is 10.0. The summed E-state index contributed by atoms with van der Waals surface area (Å²) >= 11 is 2.93. The molecule has 2 rings (SSSR count). The quantitative estimate of drug-likeness (QED) is 0.823. The molecule has 88 valence electrons. The van der Waals surface area contributed by atoms with Crippen molar-refractivity contribution in [2.75, 3.05) is 6.54 Å². The van der Waals surface area contributed by atoms with Gasteiger partial charge < -0.3 is 5.32 Å². The summed E-state index contributed by atoms with van der Waals surface area (Å²) in [4.78, 5) is 0. The van der Waals surface area contributed by atoms with E-state index in [0.717, 1.165) is 12.5 Å². The van der Waals surface area contributed by atoms with Gasteiger partial charge in [0, 0.05) is 6.04 Å². The fourth-order valence-electron chi connectivity index (χ4n) is 1.96. The van der Waals surface area contributed by atoms with Crippen LogP contribution in [-0.4, -0.2) is 12.6 Å². The van der Waals surface area contributed by atoms with Crippen LogP contribution in [0.2, 0.25) is 0 Å². The lowest BCUT2D eigenvalue weighted by Crippen LogP contribution is -2.27. The molecular weight excluding hydrogens is 283 g/mol. The molecule has 0 amide bonds. The van der Waals surface area contributed by atoms with Gasteiger partial charge in [0.1, 0.15) is 17.8 Å². The summed E-state index contributed by atoms with van der Waals surface area (Å²) in [5, 5.41) is 2.91. The van der Waals surface area contributed by atoms with Crippen LogP contribution in [0.1, 0.15) is 24.6 Å². The van der Waals surface area contributed by atoms with Crippen molar-refractivity contribution in [2.45, 2.75) is 25.1 Å². The molecule has 1 aliphatic heterocycles. The number of hydrogen-bond donors (Lipinski definition) is 1. The summed E-state index contributed by atoms with van der Waals surface area (Å²) in [6, 6.07) is 1.82. The third-order valence-electron chi connectivity index (χ3n) is 2.81. The first-order valence-corrected chi connectivity index (χ1v) is 5.91. The van der Waals surface area contributed by atoms with E-state index in [2.05, 4.69) is 21.2 Å². The molecule has 1 heterocycles. The molecule has 0 saturated carbocycles. The Hall–Kier alpha value is -0.550. The first-order chi connectivity index (χ1) is 7.61. The van der Waals surface area contributed by atoms with Gasteiger partial charge in [0.2, 0.25) is 0 Å². The minimum Gasteiger partial charge on any atom is -0.311 e. The van der Waals surface area contributed by atoms with Gasteiger partial charge in [-0.1, -0.05) is 0 Å². The van der Waals surface area contributed by atoms with Crippen molar-refractivity contribution in [2.24, 2.45) is 0 Å². The molecule has 2 unspecified atom stereocenters. The maximum absolute atomic E-state index is 14.0. The fourth-order valence-corrected chi connectivity index (χ4v) is 2.30. The van der Waals surface area contributed by atoms with Crippen LogP contribution in [0.25, 0.3) is 0 Å². The highest BCUT2D eigenvalue weighted by molar-refractivity contribution is 9.10. The van der Waals surface area contributed by atoms with E-state index in [1.807, 2.05) is 0 Å². The average molecular weight is 294 g/mol. The Bertz CT molecular complexity index is 391. The molecule has 0 bridgehead atoms. The van der Waals surface area contributed by atoms with Gasteiger partial charge in [-0.3, -0.25) is 0 Å². The Labute approximate surface area is 100 Å². The zero-order chi connectivity index (χ0) is 11.7. The molecule has 1 nitrogen and oxygen atoms in total. The van der Waals surface area contributed by atoms with E-state index in [9.17, 15) is 13.2 Å². The van der Waals surface area contributed by atoms with Gasteiger partial charge in [-0.2, -0.15) is 0 Å². The second kappa shape index (κ2) is 4.75. The smallest absolute Gasteiger partial charge is 0.146 e. The molecule has 1 saturated heterocycles. The molecule has 0 aliphatic carbocycles. The zero-order valence-electron chi connectivity index (χ0n) is 8.44. The standard InChI is InChI=1S/C11H11BrF3N/c12-6-3-4-7(13)9(10(6)14)11(15)8-2-1-5-16-8/h3-4,8,11,16H,1-2,5H2. The lowest BCUT2D eigenvalue weighted by molar-refractivity contribution is 0.255. The lowest BCUT2D eigenvalue weighted by Gasteiger charge is -2.17. The molecular formula is C11H11BrF3N. The highest BCUT2D eigenvalue weighted by Gasteiger charge is 2.30. The molecule has 2 atom stereocenters. The number of alkyl halides is 1. The van der Waals surface area contributed by atoms with Crippen LogP contribution in [0, 0.1) is 11.6 Å². The number of halogens is 4. The van der Waals surface area contributed by atoms with Gasteiger partial charge >= 0.3 is 0 Å². The van der Waals surface area contributed by atoms with E-state index >= 15 is 0 Å². The van der Waals surface area contributed by atoms with E-state index < -0.39 is 29.4 Å². The molecule has 1 N–H and O–H groups in total. The van der Waals surface area contributed by atoms with Crippen LogP contribution in [0.4, 0.5) is 13.2 Å². The van der Waals surface area contributed by atoms with Gasteiger partial charge in [0.25, 0.3) is 0 Å². The molecule has 0 spiro atoms. The summed E-state index contributed by atoms with van der Waals surface area (Å²) in [7, 11) is 0. The Balaban J connectivity index is 2.34. The topological polar surface area (TPSA) is 12.0 Å². The molecule has 1 aromatic carbocycles. The van der Waals surface area contributed by atoms with Crippen molar-refractivity contribution in [1.29, 1.82) is 0 Å². The third kappa shape index (κ3) is 2.11. The third-order valence-corrected chi connectivity index (χ3v) is 3.42. The van der Waals surface area contributed by atoms with Crippen molar-refractivity contribution in [3.63, 3.8) is 0 Å². The van der Waals surface area contributed by atoms with Crippen LogP contribution in [0.3, 0.4) is 0 Å². The van der Waals surface area contributed by atoms with E-state index in [-0.39, 0.29) is 4.47 Å². The number of nitrogens with one attached hydrogen (secondary N) is 1. The highest BCUT2D eigenvalue weighted by Crippen LogP contribution is 2.33. The minimum atomic E-state index is -1.64. The predicted molar refractivity (Wildman–Crippen MR) is 58.9 cm³/mol. The van der Waals surface area contributed by atoms with Crippen molar-refractivity contribution in [3.05, 3.63) is 33.8 Å². The van der Waals surface area contributed by atoms with Gasteiger partial charge in [0.05, 0.1) is 10.0 Å². The highest BCUT2D eigenvalue weighted by atomic mass is 79.9. The first-order valence-electron chi connectivity index (χ1n) is 5.12. The Morgan fingerprint density at radius 1 is 1.38 bits per heavy atom. The molecule has 5 heteroatoms. The summed E-state index contributed by atoms with van der Waals surface area (Å²) < 4.78 is 41.1. The van der Waals surface area contributed by atoms with Crippen LogP contribution in [0.15, 0.2) is 16.6 Å². The van der Waals surface area contributed by atoms with Crippen LogP contribution < -0.4 is 5.32 Å². The van der Waals surface area contributed by atoms with Crippen molar-refractivity contribution in [1.82, 2.24) is 5.32 Å².